The molecule has 1 aromatic heterocycles. The number of aromatic nitrogens is 1. The molecule has 0 bridgehead atoms. The lowest BCUT2D eigenvalue weighted by Crippen LogP contribution is -1.87. The lowest BCUT2D eigenvalue weighted by atomic mass is 10.2. The largest absolute Gasteiger partial charge is 0.395 e. The van der Waals surface area contributed by atoms with E-state index in [0.29, 0.717) is 0 Å². The molecule has 0 spiro atoms. The van der Waals surface area contributed by atoms with Crippen molar-refractivity contribution in [3.05, 3.63) is 34.0 Å². The Balaban J connectivity index is 2.53. The van der Waals surface area contributed by atoms with Gasteiger partial charge in [0.05, 0.1) is 10.6 Å². The highest BCUT2D eigenvalue weighted by atomic mass is 127. The van der Waals surface area contributed by atoms with E-state index in [1.807, 2.05) is 30.3 Å². The summed E-state index contributed by atoms with van der Waals surface area (Å²) in [5.41, 5.74) is 7.80. The molecule has 0 atom stereocenters. The van der Waals surface area contributed by atoms with Gasteiger partial charge in [0.25, 0.3) is 0 Å². The van der Waals surface area contributed by atoms with Crippen LogP contribution in [0.2, 0.25) is 0 Å². The van der Waals surface area contributed by atoms with E-state index in [9.17, 15) is 0 Å². The summed E-state index contributed by atoms with van der Waals surface area (Å²) in [5, 5.41) is 0. The van der Waals surface area contributed by atoms with E-state index in [-0.39, 0.29) is 0 Å². The normalized spacial score (nSPS) is 10.2. The smallest absolute Gasteiger partial charge is 0.138 e. The van der Waals surface area contributed by atoms with Crippen LogP contribution in [0.5, 0.6) is 0 Å². The predicted octanol–water partition coefficient (Wildman–Crippen LogP) is 3.00. The Bertz CT molecular complexity index is 411. The van der Waals surface area contributed by atoms with Crippen molar-refractivity contribution < 1.29 is 0 Å². The minimum absolute atomic E-state index is 0.789. The maximum absolute atomic E-state index is 5.88. The molecule has 4 heteroatoms. The van der Waals surface area contributed by atoms with Crippen LogP contribution in [0, 0.1) is 3.70 Å². The zero-order valence-corrected chi connectivity index (χ0v) is 9.67. The van der Waals surface area contributed by atoms with E-state index in [1.54, 1.807) is 0 Å². The Hall–Kier alpha value is -0.620. The summed E-state index contributed by atoms with van der Waals surface area (Å²) in [6, 6.07) is 10.1. The van der Waals surface area contributed by atoms with E-state index >= 15 is 0 Å². The molecule has 2 nitrogen and oxygen atoms in total. The first-order valence-electron chi connectivity index (χ1n) is 3.75. The van der Waals surface area contributed by atoms with Crippen LogP contribution in [0.4, 0.5) is 5.69 Å². The molecule has 1 heterocycles. The molecule has 0 aliphatic carbocycles. The summed E-state index contributed by atoms with van der Waals surface area (Å²) in [7, 11) is 0. The van der Waals surface area contributed by atoms with Gasteiger partial charge in [-0.15, -0.1) is 0 Å². The van der Waals surface area contributed by atoms with Crippen LogP contribution in [0.1, 0.15) is 0 Å². The average molecular weight is 302 g/mol. The van der Waals surface area contributed by atoms with Crippen molar-refractivity contribution >= 4 is 39.8 Å². The highest BCUT2D eigenvalue weighted by Crippen LogP contribution is 2.32. The SMILES string of the molecule is Nc1c(I)nsc1-c1ccccc1. The lowest BCUT2D eigenvalue weighted by molar-refractivity contribution is 1.49. The Morgan fingerprint density at radius 1 is 1.23 bits per heavy atom. The Labute approximate surface area is 94.1 Å². The van der Waals surface area contributed by atoms with Crippen LogP contribution in [-0.4, -0.2) is 4.37 Å². The summed E-state index contributed by atoms with van der Waals surface area (Å²) < 4.78 is 5.09. The van der Waals surface area contributed by atoms with Crippen molar-refractivity contribution in [2.45, 2.75) is 0 Å². The van der Waals surface area contributed by atoms with Gasteiger partial charge in [0.1, 0.15) is 3.70 Å². The summed E-state index contributed by atoms with van der Waals surface area (Å²) in [4.78, 5) is 1.06. The molecule has 0 saturated carbocycles. The van der Waals surface area contributed by atoms with Gasteiger partial charge in [0.15, 0.2) is 0 Å². The molecule has 1 aromatic carbocycles. The summed E-state index contributed by atoms with van der Waals surface area (Å²) in [6.45, 7) is 0. The van der Waals surface area contributed by atoms with E-state index in [4.69, 9.17) is 5.73 Å². The summed E-state index contributed by atoms with van der Waals surface area (Å²) >= 11 is 3.59. The molecule has 0 aliphatic heterocycles. The summed E-state index contributed by atoms with van der Waals surface area (Å²) in [6.07, 6.45) is 0. The standard InChI is InChI=1S/C9H7IN2S/c10-9-7(11)8(13-12-9)6-4-2-1-3-5-6/h1-5H,11H2. The molecule has 2 aromatic rings. The fourth-order valence-corrected chi connectivity index (χ4v) is 2.53. The molecule has 2 N–H and O–H groups in total. The van der Waals surface area contributed by atoms with Crippen LogP contribution in [-0.2, 0) is 0 Å². The van der Waals surface area contributed by atoms with Crippen molar-refractivity contribution in [1.29, 1.82) is 0 Å². The Morgan fingerprint density at radius 3 is 2.46 bits per heavy atom. The van der Waals surface area contributed by atoms with Crippen LogP contribution in [0.25, 0.3) is 10.4 Å². The van der Waals surface area contributed by atoms with Crippen LogP contribution < -0.4 is 5.73 Å². The molecule has 2 rings (SSSR count). The zero-order valence-electron chi connectivity index (χ0n) is 6.70. The fourth-order valence-electron chi connectivity index (χ4n) is 1.08. The van der Waals surface area contributed by atoms with Crippen LogP contribution >= 0.6 is 34.1 Å². The van der Waals surface area contributed by atoms with Gasteiger partial charge in [0.2, 0.25) is 0 Å². The molecule has 0 saturated heterocycles. The first-order valence-corrected chi connectivity index (χ1v) is 5.60. The number of anilines is 1. The number of nitrogens with two attached hydrogens (primary N) is 1. The van der Waals surface area contributed by atoms with Gasteiger partial charge in [0, 0.05) is 0 Å². The third-order valence-electron chi connectivity index (χ3n) is 1.72. The molecule has 0 radical (unpaired) electrons. The highest BCUT2D eigenvalue weighted by molar-refractivity contribution is 14.1. The third-order valence-corrected chi connectivity index (χ3v) is 3.78. The summed E-state index contributed by atoms with van der Waals surface area (Å²) in [5.74, 6) is 0. The van der Waals surface area contributed by atoms with Gasteiger partial charge in [-0.25, -0.2) is 0 Å². The number of rotatable bonds is 1. The van der Waals surface area contributed by atoms with Gasteiger partial charge < -0.3 is 5.73 Å². The third kappa shape index (κ3) is 1.68. The molecular weight excluding hydrogens is 295 g/mol. The molecule has 0 aliphatic rings. The molecule has 66 valence electrons. The van der Waals surface area contributed by atoms with E-state index in [2.05, 4.69) is 27.0 Å². The van der Waals surface area contributed by atoms with Gasteiger partial charge in [-0.3, -0.25) is 0 Å². The monoisotopic (exact) mass is 302 g/mol. The second-order valence-corrected chi connectivity index (χ2v) is 4.38. The molecule has 0 unspecified atom stereocenters. The number of halogens is 1. The Morgan fingerprint density at radius 2 is 1.92 bits per heavy atom. The quantitative estimate of drug-likeness (QED) is 0.823. The topological polar surface area (TPSA) is 38.9 Å². The maximum atomic E-state index is 5.88. The molecular formula is C9H7IN2S. The predicted molar refractivity (Wildman–Crippen MR) is 64.7 cm³/mol. The van der Waals surface area contributed by atoms with Crippen LogP contribution in [0.3, 0.4) is 0 Å². The number of hydrogen-bond donors (Lipinski definition) is 1. The number of benzene rings is 1. The van der Waals surface area contributed by atoms with Gasteiger partial charge >= 0.3 is 0 Å². The second kappa shape index (κ2) is 3.63. The van der Waals surface area contributed by atoms with E-state index in [1.165, 1.54) is 11.5 Å². The number of nitrogens with zero attached hydrogens (tertiary/aromatic N) is 1. The number of hydrogen-bond acceptors (Lipinski definition) is 3. The first-order chi connectivity index (χ1) is 6.29. The van der Waals surface area contributed by atoms with Crippen molar-refractivity contribution in [2.24, 2.45) is 0 Å². The Kier molecular flexibility index (Phi) is 2.50. The van der Waals surface area contributed by atoms with Gasteiger partial charge in [-0.1, -0.05) is 30.3 Å². The van der Waals surface area contributed by atoms with Gasteiger partial charge in [-0.05, 0) is 39.7 Å². The molecule has 13 heavy (non-hydrogen) atoms. The van der Waals surface area contributed by atoms with Crippen LogP contribution in [0.15, 0.2) is 30.3 Å². The first kappa shape index (κ1) is 8.96. The molecule has 0 amide bonds. The minimum atomic E-state index is 0.789. The average Bonchev–Trinajstić information content (AvgIpc) is 2.49. The zero-order chi connectivity index (χ0) is 9.26. The van der Waals surface area contributed by atoms with Gasteiger partial charge in [-0.2, -0.15) is 4.37 Å². The minimum Gasteiger partial charge on any atom is -0.395 e. The maximum Gasteiger partial charge on any atom is 0.138 e. The fraction of sp³-hybridized carbons (Fsp3) is 0. The van der Waals surface area contributed by atoms with Crippen molar-refractivity contribution in [2.75, 3.05) is 5.73 Å². The highest BCUT2D eigenvalue weighted by Gasteiger charge is 2.08. The molecule has 0 fully saturated rings. The number of nitrogen functional groups attached to an aromatic ring is 1. The van der Waals surface area contributed by atoms with Crippen molar-refractivity contribution in [1.82, 2.24) is 4.37 Å². The van der Waals surface area contributed by atoms with Crippen molar-refractivity contribution in [3.8, 4) is 10.4 Å². The second-order valence-electron chi connectivity index (χ2n) is 2.58. The van der Waals surface area contributed by atoms with Crippen molar-refractivity contribution in [3.63, 3.8) is 0 Å². The van der Waals surface area contributed by atoms with E-state index in [0.717, 1.165) is 19.8 Å². The van der Waals surface area contributed by atoms with E-state index < -0.39 is 0 Å². The lowest BCUT2D eigenvalue weighted by Gasteiger charge is -1.96.